The molecular formula is C13H17CaN3O3. The van der Waals surface area contributed by atoms with Crippen molar-refractivity contribution in [3.05, 3.63) is 29.6 Å². The predicted octanol–water partition coefficient (Wildman–Crippen LogP) is 0.155. The van der Waals surface area contributed by atoms with Crippen molar-refractivity contribution in [1.29, 1.82) is 0 Å². The fourth-order valence-corrected chi connectivity index (χ4v) is 1.82. The number of hydrogen-bond acceptors (Lipinski definition) is 4. The number of carboxylic acids is 1. The number of amidine groups is 1. The van der Waals surface area contributed by atoms with Crippen molar-refractivity contribution in [2.75, 3.05) is 0 Å². The van der Waals surface area contributed by atoms with Crippen molar-refractivity contribution in [3.8, 4) is 0 Å². The molecule has 20 heavy (non-hydrogen) atoms. The fourth-order valence-electron chi connectivity index (χ4n) is 1.82. The molecule has 0 bridgehead atoms. The molecule has 0 spiro atoms. The number of nitrogens with one attached hydrogen (secondary N) is 1. The molecule has 7 heteroatoms. The molecule has 1 unspecified atom stereocenters. The Hall–Kier alpha value is -0.980. The number of rotatable bonds is 3. The number of hydrogen-bond donors (Lipinski definition) is 2. The Morgan fingerprint density at radius 1 is 1.45 bits per heavy atom. The van der Waals surface area contributed by atoms with Crippen LogP contribution in [0.5, 0.6) is 0 Å². The summed E-state index contributed by atoms with van der Waals surface area (Å²) in [5.74, 6) is -1.16. The second-order valence-electron chi connectivity index (χ2n) is 4.95. The van der Waals surface area contributed by atoms with Gasteiger partial charge in [0, 0.05) is 6.20 Å². The second kappa shape index (κ2) is 6.20. The van der Waals surface area contributed by atoms with Gasteiger partial charge in [0.1, 0.15) is 11.2 Å². The van der Waals surface area contributed by atoms with Gasteiger partial charge in [0.2, 0.25) is 0 Å². The Morgan fingerprint density at radius 2 is 2.10 bits per heavy atom. The van der Waals surface area contributed by atoms with Gasteiger partial charge in [-0.15, -0.1) is 0 Å². The Morgan fingerprint density at radius 3 is 2.60 bits per heavy atom. The van der Waals surface area contributed by atoms with Crippen LogP contribution in [-0.2, 0) is 4.79 Å². The van der Waals surface area contributed by atoms with Crippen LogP contribution in [0.25, 0.3) is 0 Å². The minimum atomic E-state index is -1.10. The molecule has 6 nitrogen and oxygen atoms in total. The standard InChI is InChI=1S/C13H15N3O3.Ca.2H/c1-7(2)13(3)12(19)15-10(16-13)9-8(11(17)18)5-4-6-14-9;;;/h4-7H,1-3H3,(H,17,18)(H,15,16,19);;;. The third-order valence-electron chi connectivity index (χ3n) is 3.45. The quantitative estimate of drug-likeness (QED) is 0.776. The van der Waals surface area contributed by atoms with Crippen LogP contribution in [0.4, 0.5) is 0 Å². The van der Waals surface area contributed by atoms with E-state index in [1.807, 2.05) is 13.8 Å². The van der Waals surface area contributed by atoms with Crippen LogP contribution in [0.1, 0.15) is 36.8 Å². The van der Waals surface area contributed by atoms with Crippen LogP contribution < -0.4 is 5.32 Å². The third kappa shape index (κ3) is 2.87. The van der Waals surface area contributed by atoms with Crippen LogP contribution in [0.3, 0.4) is 0 Å². The molecule has 104 valence electrons. The van der Waals surface area contributed by atoms with E-state index in [1.54, 1.807) is 6.92 Å². The number of aromatic carboxylic acids is 1. The SMILES string of the molecule is CC(C)C1(C)NC(c2ncccc2C(=O)O)=NC1=O.[CaH2]. The molecule has 0 aromatic carbocycles. The first-order valence-corrected chi connectivity index (χ1v) is 5.96. The zero-order valence-electron chi connectivity index (χ0n) is 11.0. The van der Waals surface area contributed by atoms with Gasteiger partial charge in [-0.3, -0.25) is 9.78 Å². The number of amides is 1. The average molecular weight is 303 g/mol. The molecule has 1 aliphatic heterocycles. The van der Waals surface area contributed by atoms with E-state index < -0.39 is 11.5 Å². The molecule has 0 aliphatic carbocycles. The van der Waals surface area contributed by atoms with E-state index in [1.165, 1.54) is 18.3 Å². The van der Waals surface area contributed by atoms with Gasteiger partial charge in [-0.1, -0.05) is 13.8 Å². The number of aromatic nitrogens is 1. The molecule has 1 aliphatic rings. The molecule has 2 heterocycles. The number of carbonyl (C=O) groups excluding carboxylic acids is 1. The Bertz CT molecular complexity index is 586. The number of carboxylic acid groups (broad SMARTS) is 1. The summed E-state index contributed by atoms with van der Waals surface area (Å²) in [6, 6.07) is 2.97. The number of aliphatic imine (C=N–C) groups is 1. The molecule has 0 saturated heterocycles. The van der Waals surface area contributed by atoms with Crippen molar-refractivity contribution in [2.45, 2.75) is 26.3 Å². The van der Waals surface area contributed by atoms with Crippen LogP contribution in [-0.4, -0.2) is 71.1 Å². The fraction of sp³-hybridized carbons (Fsp3) is 0.385. The van der Waals surface area contributed by atoms with Crippen molar-refractivity contribution < 1.29 is 14.7 Å². The zero-order valence-corrected chi connectivity index (χ0v) is 11.0. The van der Waals surface area contributed by atoms with Gasteiger partial charge in [-0.25, -0.2) is 4.79 Å². The maximum absolute atomic E-state index is 12.0. The summed E-state index contributed by atoms with van der Waals surface area (Å²) in [6.07, 6.45) is 1.47. The Balaban J connectivity index is 0.00000200. The first-order chi connectivity index (χ1) is 8.86. The zero-order chi connectivity index (χ0) is 14.2. The van der Waals surface area contributed by atoms with Gasteiger partial charge in [0.05, 0.1) is 5.56 Å². The molecule has 0 radical (unpaired) electrons. The number of pyridine rings is 1. The number of carbonyl (C=O) groups is 2. The summed E-state index contributed by atoms with van der Waals surface area (Å²) in [6.45, 7) is 5.56. The summed E-state index contributed by atoms with van der Waals surface area (Å²) in [7, 11) is 0. The van der Waals surface area contributed by atoms with E-state index >= 15 is 0 Å². The van der Waals surface area contributed by atoms with Crippen LogP contribution in [0, 0.1) is 5.92 Å². The minimum absolute atomic E-state index is 0. The van der Waals surface area contributed by atoms with E-state index in [9.17, 15) is 9.59 Å². The van der Waals surface area contributed by atoms with E-state index in [0.29, 0.717) is 0 Å². The summed E-state index contributed by atoms with van der Waals surface area (Å²) < 4.78 is 0. The molecule has 2 N–H and O–H groups in total. The molecular weight excluding hydrogens is 286 g/mol. The van der Waals surface area contributed by atoms with Crippen molar-refractivity contribution in [3.63, 3.8) is 0 Å². The maximum atomic E-state index is 12.0. The van der Waals surface area contributed by atoms with E-state index in [0.717, 1.165) is 0 Å². The normalized spacial score (nSPS) is 21.2. The summed E-state index contributed by atoms with van der Waals surface area (Å²) in [5, 5.41) is 12.1. The summed E-state index contributed by atoms with van der Waals surface area (Å²) >= 11 is 0. The van der Waals surface area contributed by atoms with Gasteiger partial charge >= 0.3 is 43.7 Å². The third-order valence-corrected chi connectivity index (χ3v) is 3.45. The molecule has 1 aromatic rings. The first kappa shape index (κ1) is 17.1. The topological polar surface area (TPSA) is 91.7 Å². The van der Waals surface area contributed by atoms with Gasteiger partial charge in [0.15, 0.2) is 5.84 Å². The molecule has 1 atom stereocenters. The summed E-state index contributed by atoms with van der Waals surface area (Å²) in [4.78, 5) is 31.1. The average Bonchev–Trinajstić information content (AvgIpc) is 2.67. The molecule has 2 rings (SSSR count). The summed E-state index contributed by atoms with van der Waals surface area (Å²) in [5.41, 5.74) is -0.606. The van der Waals surface area contributed by atoms with Gasteiger partial charge < -0.3 is 10.4 Å². The Labute approximate surface area is 146 Å². The molecule has 0 saturated carbocycles. The Kier molecular flexibility index (Phi) is 5.29. The van der Waals surface area contributed by atoms with Crippen molar-refractivity contribution in [2.24, 2.45) is 10.9 Å². The second-order valence-corrected chi connectivity index (χ2v) is 4.95. The van der Waals surface area contributed by atoms with Crippen LogP contribution in [0.2, 0.25) is 0 Å². The number of nitrogens with zero attached hydrogens (tertiary/aromatic N) is 2. The van der Waals surface area contributed by atoms with Crippen LogP contribution >= 0.6 is 0 Å². The van der Waals surface area contributed by atoms with E-state index in [4.69, 9.17) is 5.11 Å². The first-order valence-electron chi connectivity index (χ1n) is 5.96. The molecule has 0 fully saturated rings. The van der Waals surface area contributed by atoms with Crippen molar-refractivity contribution >= 4 is 55.5 Å². The van der Waals surface area contributed by atoms with E-state index in [2.05, 4.69) is 15.3 Å². The van der Waals surface area contributed by atoms with Crippen LogP contribution in [0.15, 0.2) is 23.3 Å². The predicted molar refractivity (Wildman–Crippen MR) is 77.7 cm³/mol. The molecule has 1 aromatic heterocycles. The van der Waals surface area contributed by atoms with Gasteiger partial charge in [-0.05, 0) is 25.0 Å². The van der Waals surface area contributed by atoms with Gasteiger partial charge in [0.25, 0.3) is 5.91 Å². The van der Waals surface area contributed by atoms with Gasteiger partial charge in [-0.2, -0.15) is 4.99 Å². The monoisotopic (exact) mass is 303 g/mol. The van der Waals surface area contributed by atoms with Crippen molar-refractivity contribution in [1.82, 2.24) is 10.3 Å². The molecule has 1 amide bonds. The van der Waals surface area contributed by atoms with E-state index in [-0.39, 0.29) is 66.7 Å².